The molecule has 6 aromatic carbocycles. The number of aliphatic carboxylic acids is 2. The summed E-state index contributed by atoms with van der Waals surface area (Å²) in [5.41, 5.74) is 3.29. The van der Waals surface area contributed by atoms with Crippen LogP contribution in [-0.2, 0) is 48.9 Å². The van der Waals surface area contributed by atoms with Gasteiger partial charge in [0.05, 0.1) is 4.90 Å². The summed E-state index contributed by atoms with van der Waals surface area (Å²) in [6, 6.07) is 36.7. The summed E-state index contributed by atoms with van der Waals surface area (Å²) in [4.78, 5) is 20.8. The van der Waals surface area contributed by atoms with Gasteiger partial charge in [-0.05, 0) is 127 Å². The second-order valence-electron chi connectivity index (χ2n) is 15.0. The van der Waals surface area contributed by atoms with Crippen molar-refractivity contribution < 1.29 is 64.4 Å². The Morgan fingerprint density at radius 1 is 0.515 bits per heavy atom. The Labute approximate surface area is 394 Å². The first-order valence-corrected chi connectivity index (χ1v) is 24.5. The van der Waals surface area contributed by atoms with Gasteiger partial charge in [0, 0.05) is 24.2 Å². The van der Waals surface area contributed by atoms with E-state index in [1.54, 1.807) is 66.7 Å². The lowest BCUT2D eigenvalue weighted by Gasteiger charge is -2.12. The fraction of sp³-hybridized carbons (Fsp3) is 0.240. The average Bonchev–Trinajstić information content (AvgIpc) is 3.31. The van der Waals surface area contributed by atoms with Gasteiger partial charge >= 0.3 is 11.9 Å². The van der Waals surface area contributed by atoms with Crippen LogP contribution in [0.25, 0.3) is 0 Å². The number of sulfonamides is 2. The van der Waals surface area contributed by atoms with Gasteiger partial charge in [-0.1, -0.05) is 67.9 Å². The maximum Gasteiger partial charge on any atom is 0.303 e. The maximum absolute atomic E-state index is 13.8. The van der Waals surface area contributed by atoms with Crippen molar-refractivity contribution in [2.45, 2.75) is 61.7 Å². The van der Waals surface area contributed by atoms with Gasteiger partial charge in [-0.3, -0.25) is 19.0 Å². The van der Waals surface area contributed by atoms with Crippen LogP contribution in [0.15, 0.2) is 149 Å². The zero-order valence-electron chi connectivity index (χ0n) is 37.1. The summed E-state index contributed by atoms with van der Waals surface area (Å²) in [7, 11) is -8.13. The number of benzene rings is 6. The van der Waals surface area contributed by atoms with E-state index in [0.717, 1.165) is 54.2 Å². The van der Waals surface area contributed by atoms with Crippen molar-refractivity contribution in [3.63, 3.8) is 0 Å². The van der Waals surface area contributed by atoms with Gasteiger partial charge in [0.2, 0.25) is 0 Å². The average molecular weight is 975 g/mol. The number of nitrogens with one attached hydrogen (secondary N) is 2. The van der Waals surface area contributed by atoms with Gasteiger partial charge in [-0.2, -0.15) is 0 Å². The Hall–Kier alpha value is -7.18. The lowest BCUT2D eigenvalue weighted by Crippen LogP contribution is -2.16. The van der Waals surface area contributed by atoms with Crippen molar-refractivity contribution in [2.24, 2.45) is 0 Å². The highest BCUT2D eigenvalue weighted by atomic mass is 32.2. The SMILES string of the molecule is CCCCc1ccc(S(=O)(=O)Nc2ccc(OCCOc3ccccc3CCC(=O)O)cc2)cc1.O=C(O)CCc1ccccc1OCCOc1ccc(NS(=O)(=O)c2c(F)cccc2F)cc1. The fourth-order valence-corrected chi connectivity index (χ4v) is 8.68. The van der Waals surface area contributed by atoms with Crippen molar-refractivity contribution >= 4 is 43.4 Å². The molecule has 14 nitrogen and oxygen atoms in total. The standard InChI is InChI=1S/C27H31NO6S.C23H21F2NO6S/c1-2-3-6-21-9-16-25(17-10-21)35(31,32)28-23-12-14-24(15-13-23)33-19-20-34-26-8-5-4-7-22(26)11-18-27(29)30;24-19-5-3-6-20(25)23(19)33(29,30)26-17-9-11-18(12-10-17)31-14-15-32-21-7-2-1-4-16(21)8-13-22(27)28/h4-5,7-10,12-17,28H,2-3,6,11,18-20H2,1H3,(H,29,30);1-7,9-12,26H,8,13-15H2,(H,27,28). The minimum Gasteiger partial charge on any atom is -0.490 e. The van der Waals surface area contributed by atoms with E-state index in [9.17, 15) is 35.2 Å². The van der Waals surface area contributed by atoms with Crippen LogP contribution in [0.3, 0.4) is 0 Å². The van der Waals surface area contributed by atoms with E-state index >= 15 is 0 Å². The molecule has 0 saturated heterocycles. The summed E-state index contributed by atoms with van der Waals surface area (Å²) in [5.74, 6) is -1.90. The molecule has 0 heterocycles. The molecular weight excluding hydrogens is 923 g/mol. The van der Waals surface area contributed by atoms with E-state index in [0.29, 0.717) is 41.5 Å². The van der Waals surface area contributed by atoms with Gasteiger partial charge < -0.3 is 29.2 Å². The third-order valence-electron chi connectivity index (χ3n) is 9.83. The molecule has 0 aliphatic rings. The molecule has 0 fully saturated rings. The summed E-state index contributed by atoms with van der Waals surface area (Å²) in [5, 5.41) is 17.7. The molecule has 6 rings (SSSR count). The van der Waals surface area contributed by atoms with E-state index in [4.69, 9.17) is 29.2 Å². The van der Waals surface area contributed by atoms with E-state index < -0.39 is 48.5 Å². The molecule has 0 unspecified atom stereocenters. The van der Waals surface area contributed by atoms with Crippen molar-refractivity contribution in [3.8, 4) is 23.0 Å². The maximum atomic E-state index is 13.8. The number of unbranched alkanes of at least 4 members (excludes halogenated alkanes) is 1. The van der Waals surface area contributed by atoms with Crippen molar-refractivity contribution in [1.82, 2.24) is 0 Å². The van der Waals surface area contributed by atoms with Crippen molar-refractivity contribution in [2.75, 3.05) is 35.9 Å². The molecule has 0 bridgehead atoms. The third kappa shape index (κ3) is 16.6. The van der Waals surface area contributed by atoms with Gasteiger partial charge in [-0.25, -0.2) is 25.6 Å². The van der Waals surface area contributed by atoms with E-state index in [1.807, 2.05) is 30.3 Å². The number of carbonyl (C=O) groups is 2. The number of anilines is 2. The van der Waals surface area contributed by atoms with Crippen LogP contribution in [0.1, 0.15) is 49.3 Å². The van der Waals surface area contributed by atoms with Gasteiger partial charge in [0.1, 0.15) is 61.1 Å². The van der Waals surface area contributed by atoms with Crippen LogP contribution < -0.4 is 28.4 Å². The molecule has 0 aliphatic carbocycles. The Balaban J connectivity index is 0.000000255. The summed E-state index contributed by atoms with van der Waals surface area (Å²) in [6.07, 6.45) is 3.89. The molecule has 0 radical (unpaired) electrons. The number of halogens is 2. The van der Waals surface area contributed by atoms with E-state index in [2.05, 4.69) is 16.4 Å². The highest BCUT2D eigenvalue weighted by Gasteiger charge is 2.24. The lowest BCUT2D eigenvalue weighted by molar-refractivity contribution is -0.138. The number of ether oxygens (including phenoxy) is 4. The molecule has 18 heteroatoms. The van der Waals surface area contributed by atoms with Crippen LogP contribution in [0, 0.1) is 11.6 Å². The van der Waals surface area contributed by atoms with Crippen LogP contribution in [-0.4, -0.2) is 65.4 Å². The monoisotopic (exact) mass is 974 g/mol. The predicted octanol–water partition coefficient (Wildman–Crippen LogP) is 9.55. The highest BCUT2D eigenvalue weighted by molar-refractivity contribution is 7.93. The topological polar surface area (TPSA) is 204 Å². The molecule has 360 valence electrons. The largest absolute Gasteiger partial charge is 0.490 e. The van der Waals surface area contributed by atoms with Gasteiger partial charge in [-0.15, -0.1) is 0 Å². The highest BCUT2D eigenvalue weighted by Crippen LogP contribution is 2.25. The number of carboxylic acid groups (broad SMARTS) is 2. The molecule has 68 heavy (non-hydrogen) atoms. The number of rotatable bonds is 25. The van der Waals surface area contributed by atoms with Crippen molar-refractivity contribution in [1.29, 1.82) is 0 Å². The minimum absolute atomic E-state index is 0.00344. The van der Waals surface area contributed by atoms with E-state index in [-0.39, 0.29) is 49.9 Å². The molecular formula is C50H52F2N2O12S2. The Kier molecular flexibility index (Phi) is 19.5. The van der Waals surface area contributed by atoms with Crippen molar-refractivity contribution in [3.05, 3.63) is 168 Å². The van der Waals surface area contributed by atoms with Crippen LogP contribution in [0.4, 0.5) is 20.2 Å². The molecule has 0 atom stereocenters. The number of aryl methyl sites for hydroxylation is 3. The van der Waals surface area contributed by atoms with Crippen LogP contribution in [0.2, 0.25) is 0 Å². The van der Waals surface area contributed by atoms with Crippen LogP contribution >= 0.6 is 0 Å². The number of carboxylic acids is 2. The van der Waals surface area contributed by atoms with Gasteiger partial charge in [0.15, 0.2) is 4.90 Å². The van der Waals surface area contributed by atoms with Crippen LogP contribution in [0.5, 0.6) is 23.0 Å². The first kappa shape index (κ1) is 51.8. The quantitative estimate of drug-likeness (QED) is 0.0396. The normalized spacial score (nSPS) is 11.1. The Morgan fingerprint density at radius 2 is 0.941 bits per heavy atom. The Bertz CT molecular complexity index is 2770. The molecule has 0 aromatic heterocycles. The molecule has 0 aliphatic heterocycles. The number of hydrogen-bond donors (Lipinski definition) is 4. The number of hydrogen-bond acceptors (Lipinski definition) is 10. The lowest BCUT2D eigenvalue weighted by atomic mass is 10.1. The fourth-order valence-electron chi connectivity index (χ4n) is 6.42. The molecule has 6 aromatic rings. The first-order chi connectivity index (χ1) is 32.6. The second-order valence-corrected chi connectivity index (χ2v) is 18.3. The molecule has 0 spiro atoms. The molecule has 0 amide bonds. The molecule has 4 N–H and O–H groups in total. The summed E-state index contributed by atoms with van der Waals surface area (Å²) < 4.78 is 105. The van der Waals surface area contributed by atoms with E-state index in [1.165, 1.54) is 24.3 Å². The summed E-state index contributed by atoms with van der Waals surface area (Å²) in [6.45, 7) is 3.07. The first-order valence-electron chi connectivity index (χ1n) is 21.5. The number of para-hydroxylation sites is 2. The van der Waals surface area contributed by atoms with Gasteiger partial charge in [0.25, 0.3) is 20.0 Å². The zero-order valence-corrected chi connectivity index (χ0v) is 38.7. The summed E-state index contributed by atoms with van der Waals surface area (Å²) >= 11 is 0. The smallest absolute Gasteiger partial charge is 0.303 e. The second kappa shape index (κ2) is 25.7. The minimum atomic E-state index is -4.45. The zero-order chi connectivity index (χ0) is 48.9. The predicted molar refractivity (Wildman–Crippen MR) is 253 cm³/mol. The Morgan fingerprint density at radius 3 is 1.38 bits per heavy atom. The third-order valence-corrected chi connectivity index (χ3v) is 12.7. The molecule has 0 saturated carbocycles.